The number of fused-ring (bicyclic) bond motifs is 1. The molecule has 1 aromatic rings. The lowest BCUT2D eigenvalue weighted by atomic mass is 10.0. The molecule has 7 heteroatoms. The van der Waals surface area contributed by atoms with E-state index < -0.39 is 5.97 Å². The number of piperazine rings is 1. The third-order valence-electron chi connectivity index (χ3n) is 6.09. The summed E-state index contributed by atoms with van der Waals surface area (Å²) >= 11 is 0. The number of hydrogen-bond acceptors (Lipinski definition) is 7. The number of aliphatic imine (C=N–C) groups is 1. The summed E-state index contributed by atoms with van der Waals surface area (Å²) in [6.45, 7) is 11.2. The predicted molar refractivity (Wildman–Crippen MR) is 123 cm³/mol. The molecular formula is C24H33N5O2. The van der Waals surface area contributed by atoms with Gasteiger partial charge in [0.05, 0.1) is 18.0 Å². The minimum atomic E-state index is -0.598. The van der Waals surface area contributed by atoms with Crippen LogP contribution < -0.4 is 10.6 Å². The van der Waals surface area contributed by atoms with Crippen molar-refractivity contribution in [2.75, 3.05) is 31.6 Å². The van der Waals surface area contributed by atoms with Gasteiger partial charge < -0.3 is 20.3 Å². The highest BCUT2D eigenvalue weighted by Crippen LogP contribution is 2.33. The Morgan fingerprint density at radius 1 is 1.32 bits per heavy atom. The maximum absolute atomic E-state index is 12.9. The minimum absolute atomic E-state index is 0.0289. The number of nitrogens with one attached hydrogen (secondary N) is 2. The second kappa shape index (κ2) is 10.5. The van der Waals surface area contributed by atoms with Crippen LogP contribution in [-0.2, 0) is 9.53 Å². The van der Waals surface area contributed by atoms with Crippen molar-refractivity contribution in [1.82, 2.24) is 10.2 Å². The van der Waals surface area contributed by atoms with Crippen LogP contribution in [0, 0.1) is 23.2 Å². The van der Waals surface area contributed by atoms with Crippen LogP contribution in [0.1, 0.15) is 40.5 Å². The maximum Gasteiger partial charge on any atom is 0.351 e. The number of hydrogen-bond donors (Lipinski definition) is 2. The fraction of sp³-hybridized carbons (Fsp3) is 0.542. The van der Waals surface area contributed by atoms with E-state index in [9.17, 15) is 10.1 Å². The van der Waals surface area contributed by atoms with Gasteiger partial charge in [0, 0.05) is 25.7 Å². The van der Waals surface area contributed by atoms with Crippen molar-refractivity contribution in [3.05, 3.63) is 35.5 Å². The summed E-state index contributed by atoms with van der Waals surface area (Å²) < 4.78 is 5.53. The maximum atomic E-state index is 12.9. The summed E-state index contributed by atoms with van der Waals surface area (Å²) in [4.78, 5) is 19.9. The van der Waals surface area contributed by atoms with Crippen molar-refractivity contribution in [1.29, 1.82) is 5.26 Å². The van der Waals surface area contributed by atoms with E-state index >= 15 is 0 Å². The number of nitrogens with zero attached hydrogens (tertiary/aromatic N) is 3. The first kappa shape index (κ1) is 22.8. The van der Waals surface area contributed by atoms with Gasteiger partial charge in [-0.1, -0.05) is 52.7 Å². The topological polar surface area (TPSA) is 89.8 Å². The Morgan fingerprint density at radius 3 is 2.74 bits per heavy atom. The highest BCUT2D eigenvalue weighted by molar-refractivity contribution is 6.12. The molecule has 0 spiro atoms. The summed E-state index contributed by atoms with van der Waals surface area (Å²) in [5.41, 5.74) is 1.97. The lowest BCUT2D eigenvalue weighted by molar-refractivity contribution is -0.140. The molecule has 1 saturated heterocycles. The van der Waals surface area contributed by atoms with Gasteiger partial charge >= 0.3 is 5.97 Å². The standard InChI is InChI=1S/C24H33N5O2/c1-5-17(6-2)15-31-24(30)18(13-25)22-23(28-20-10-8-7-9-19(20)27-22)29-12-11-26-21(14-29)16(3)4/h7-10,16-17,21,26-27H,5-6,11-12,14-15H2,1-4H3/b22-18-. The average Bonchev–Trinajstić information content (AvgIpc) is 2.79. The van der Waals surface area contributed by atoms with Crippen molar-refractivity contribution < 1.29 is 9.53 Å². The number of carbonyl (C=O) groups excluding carboxylic acids is 1. The Balaban J connectivity index is 1.97. The summed E-state index contributed by atoms with van der Waals surface area (Å²) in [6, 6.07) is 10.1. The van der Waals surface area contributed by atoms with Gasteiger partial charge in [-0.05, 0) is 24.0 Å². The number of ether oxygens (including phenoxy) is 1. The Labute approximate surface area is 185 Å². The lowest BCUT2D eigenvalue weighted by Gasteiger charge is -2.39. The molecule has 1 aromatic carbocycles. The Hall–Kier alpha value is -2.85. The first-order valence-corrected chi connectivity index (χ1v) is 11.2. The molecule has 2 aliphatic rings. The van der Waals surface area contributed by atoms with Crippen molar-refractivity contribution in [2.24, 2.45) is 16.8 Å². The van der Waals surface area contributed by atoms with Crippen molar-refractivity contribution >= 4 is 23.2 Å². The molecule has 0 aromatic heterocycles. The van der Waals surface area contributed by atoms with Crippen LogP contribution in [0.3, 0.4) is 0 Å². The van der Waals surface area contributed by atoms with E-state index in [1.165, 1.54) is 0 Å². The summed E-state index contributed by atoms with van der Waals surface area (Å²) in [7, 11) is 0. The fourth-order valence-corrected chi connectivity index (χ4v) is 3.85. The minimum Gasteiger partial charge on any atom is -0.461 e. The second-order valence-corrected chi connectivity index (χ2v) is 8.47. The van der Waals surface area contributed by atoms with E-state index in [1.54, 1.807) is 0 Å². The van der Waals surface area contributed by atoms with Crippen LogP contribution in [0.25, 0.3) is 0 Å². The number of benzene rings is 1. The number of amidine groups is 1. The van der Waals surface area contributed by atoms with E-state index in [0.29, 0.717) is 36.0 Å². The van der Waals surface area contributed by atoms with Crippen LogP contribution in [0.4, 0.5) is 11.4 Å². The Kier molecular flexibility index (Phi) is 7.69. The molecule has 2 aliphatic heterocycles. The van der Waals surface area contributed by atoms with Crippen LogP contribution in [0.15, 0.2) is 40.5 Å². The number of anilines is 1. The highest BCUT2D eigenvalue weighted by atomic mass is 16.5. The van der Waals surface area contributed by atoms with E-state index in [1.807, 2.05) is 24.3 Å². The molecule has 0 saturated carbocycles. The molecule has 166 valence electrons. The van der Waals surface area contributed by atoms with E-state index in [2.05, 4.69) is 49.3 Å². The van der Waals surface area contributed by atoms with Gasteiger partial charge in [0.1, 0.15) is 11.8 Å². The molecule has 2 N–H and O–H groups in total. The highest BCUT2D eigenvalue weighted by Gasteiger charge is 2.32. The summed E-state index contributed by atoms with van der Waals surface area (Å²) in [5.74, 6) is 0.781. The molecule has 0 bridgehead atoms. The number of esters is 1. The smallest absolute Gasteiger partial charge is 0.351 e. The van der Waals surface area contributed by atoms with Crippen LogP contribution in [0.2, 0.25) is 0 Å². The Morgan fingerprint density at radius 2 is 2.06 bits per heavy atom. The van der Waals surface area contributed by atoms with Crippen molar-refractivity contribution in [3.8, 4) is 6.07 Å². The third-order valence-corrected chi connectivity index (χ3v) is 6.09. The first-order valence-electron chi connectivity index (χ1n) is 11.2. The van der Waals surface area contributed by atoms with Crippen molar-refractivity contribution in [2.45, 2.75) is 46.6 Å². The summed E-state index contributed by atoms with van der Waals surface area (Å²) in [5, 5.41) is 16.7. The molecule has 1 fully saturated rings. The average molecular weight is 424 g/mol. The van der Waals surface area contributed by atoms with Crippen LogP contribution in [-0.4, -0.2) is 49.0 Å². The number of para-hydroxylation sites is 2. The van der Waals surface area contributed by atoms with E-state index in [4.69, 9.17) is 9.73 Å². The molecule has 0 aliphatic carbocycles. The molecule has 3 rings (SSSR count). The molecule has 1 atom stereocenters. The van der Waals surface area contributed by atoms with Gasteiger partial charge in [0.25, 0.3) is 0 Å². The zero-order valence-corrected chi connectivity index (χ0v) is 18.9. The molecule has 0 radical (unpaired) electrons. The van der Waals surface area contributed by atoms with E-state index in [0.717, 1.165) is 43.9 Å². The predicted octanol–water partition coefficient (Wildman–Crippen LogP) is 3.83. The Bertz CT molecular complexity index is 895. The molecular weight excluding hydrogens is 390 g/mol. The quantitative estimate of drug-likeness (QED) is 0.411. The van der Waals surface area contributed by atoms with E-state index in [-0.39, 0.29) is 5.57 Å². The second-order valence-electron chi connectivity index (χ2n) is 8.47. The number of carbonyl (C=O) groups is 1. The fourth-order valence-electron chi connectivity index (χ4n) is 3.85. The van der Waals surface area contributed by atoms with Gasteiger partial charge in [0.2, 0.25) is 0 Å². The zero-order chi connectivity index (χ0) is 22.4. The van der Waals surface area contributed by atoms with Gasteiger partial charge in [-0.2, -0.15) is 5.26 Å². The van der Waals surface area contributed by atoms with Crippen LogP contribution in [0.5, 0.6) is 0 Å². The SMILES string of the molecule is CCC(CC)COC(=O)/C(C#N)=C1\Nc2ccccc2N=C1N1CCNC(C(C)C)C1. The summed E-state index contributed by atoms with van der Waals surface area (Å²) in [6.07, 6.45) is 1.86. The molecule has 31 heavy (non-hydrogen) atoms. The lowest BCUT2D eigenvalue weighted by Crippen LogP contribution is -2.55. The molecule has 2 heterocycles. The van der Waals surface area contributed by atoms with Crippen molar-refractivity contribution in [3.63, 3.8) is 0 Å². The molecule has 7 nitrogen and oxygen atoms in total. The van der Waals surface area contributed by atoms with Gasteiger partial charge in [-0.15, -0.1) is 0 Å². The monoisotopic (exact) mass is 423 g/mol. The number of nitriles is 1. The molecule has 0 amide bonds. The third kappa shape index (κ3) is 5.26. The van der Waals surface area contributed by atoms with Gasteiger partial charge in [0.15, 0.2) is 11.4 Å². The zero-order valence-electron chi connectivity index (χ0n) is 18.9. The molecule has 1 unspecified atom stereocenters. The van der Waals surface area contributed by atoms with Gasteiger partial charge in [-0.25, -0.2) is 9.79 Å². The largest absolute Gasteiger partial charge is 0.461 e. The van der Waals surface area contributed by atoms with Crippen LogP contribution >= 0.6 is 0 Å². The number of rotatable bonds is 6. The normalized spacial score (nSPS) is 20.0. The van der Waals surface area contributed by atoms with Gasteiger partial charge in [-0.3, -0.25) is 0 Å². The first-order chi connectivity index (χ1) is 15.0.